The van der Waals surface area contributed by atoms with Crippen LogP contribution in [0, 0.1) is 5.92 Å². The van der Waals surface area contributed by atoms with Crippen molar-refractivity contribution in [2.75, 3.05) is 20.1 Å². The number of aromatic nitrogens is 3. The summed E-state index contributed by atoms with van der Waals surface area (Å²) in [5, 5.41) is 21.6. The molecule has 1 aromatic rings. The maximum atomic E-state index is 12.3. The summed E-state index contributed by atoms with van der Waals surface area (Å²) in [6.45, 7) is 2.17. The van der Waals surface area contributed by atoms with Crippen molar-refractivity contribution in [2.24, 2.45) is 5.92 Å². The van der Waals surface area contributed by atoms with E-state index in [9.17, 15) is 9.90 Å². The number of hydrogen-bond acceptors (Lipinski definition) is 4. The van der Waals surface area contributed by atoms with Gasteiger partial charge in [0.15, 0.2) is 0 Å². The van der Waals surface area contributed by atoms with Crippen molar-refractivity contribution in [1.29, 1.82) is 0 Å². The Bertz CT molecular complexity index is 574. The quantitative estimate of drug-likeness (QED) is 0.848. The Kier molecular flexibility index (Phi) is 6.29. The van der Waals surface area contributed by atoms with E-state index in [-0.39, 0.29) is 18.1 Å². The minimum Gasteiger partial charge on any atom is -0.393 e. The van der Waals surface area contributed by atoms with Gasteiger partial charge in [0.25, 0.3) is 0 Å². The number of hydrogen-bond donors (Lipinski definition) is 2. The molecule has 0 radical (unpaired) electrons. The highest BCUT2D eigenvalue weighted by Gasteiger charge is 2.25. The van der Waals surface area contributed by atoms with Crippen molar-refractivity contribution < 1.29 is 9.90 Å². The van der Waals surface area contributed by atoms with Crippen LogP contribution >= 0.6 is 0 Å². The lowest BCUT2D eigenvalue weighted by atomic mass is 9.86. The van der Waals surface area contributed by atoms with Crippen molar-refractivity contribution >= 4 is 6.03 Å². The van der Waals surface area contributed by atoms with Crippen molar-refractivity contribution in [3.05, 3.63) is 11.6 Å². The first-order valence-corrected chi connectivity index (χ1v) is 9.73. The van der Waals surface area contributed by atoms with Crippen LogP contribution in [0.5, 0.6) is 0 Å². The molecule has 2 amide bonds. The highest BCUT2D eigenvalue weighted by molar-refractivity contribution is 5.73. The van der Waals surface area contributed by atoms with E-state index in [0.717, 1.165) is 50.3 Å². The van der Waals surface area contributed by atoms with Gasteiger partial charge in [-0.3, -0.25) is 0 Å². The summed E-state index contributed by atoms with van der Waals surface area (Å²) in [6.07, 6.45) is 9.16. The number of nitrogens with zero attached hydrogens (tertiary/aromatic N) is 4. The highest BCUT2D eigenvalue weighted by Crippen LogP contribution is 2.24. The number of aryl methyl sites for hydroxylation is 1. The summed E-state index contributed by atoms with van der Waals surface area (Å²) in [4.78, 5) is 14.0. The number of amides is 2. The molecule has 7 heteroatoms. The molecule has 1 aliphatic heterocycles. The molecule has 0 aromatic carbocycles. The van der Waals surface area contributed by atoms with Crippen LogP contribution in [0.3, 0.4) is 0 Å². The summed E-state index contributed by atoms with van der Waals surface area (Å²) in [5.41, 5.74) is 0. The zero-order chi connectivity index (χ0) is 17.6. The van der Waals surface area contributed by atoms with Gasteiger partial charge in [0, 0.05) is 45.4 Å². The predicted molar refractivity (Wildman–Crippen MR) is 95.3 cm³/mol. The van der Waals surface area contributed by atoms with E-state index in [0.29, 0.717) is 19.5 Å². The van der Waals surface area contributed by atoms with Gasteiger partial charge in [-0.25, -0.2) is 4.79 Å². The topological polar surface area (TPSA) is 83.3 Å². The first kappa shape index (κ1) is 18.2. The van der Waals surface area contributed by atoms with E-state index in [1.165, 1.54) is 19.3 Å². The fourth-order valence-corrected chi connectivity index (χ4v) is 3.98. The number of rotatable bonds is 5. The highest BCUT2D eigenvalue weighted by atomic mass is 16.3. The summed E-state index contributed by atoms with van der Waals surface area (Å²) in [7, 11) is 1.81. The van der Waals surface area contributed by atoms with Crippen LogP contribution in [0.4, 0.5) is 4.79 Å². The number of carbonyl (C=O) groups is 1. The van der Waals surface area contributed by atoms with Crippen LogP contribution in [0.2, 0.25) is 0 Å². The third-order valence-corrected chi connectivity index (χ3v) is 5.53. The number of aliphatic hydroxyl groups is 1. The third kappa shape index (κ3) is 4.71. The molecule has 2 heterocycles. The van der Waals surface area contributed by atoms with Gasteiger partial charge in [0.2, 0.25) is 0 Å². The summed E-state index contributed by atoms with van der Waals surface area (Å²) < 4.78 is 2.22. The Balaban J connectivity index is 1.44. The maximum Gasteiger partial charge on any atom is 0.317 e. The molecule has 2 aliphatic rings. The van der Waals surface area contributed by atoms with Gasteiger partial charge in [-0.15, -0.1) is 10.2 Å². The Morgan fingerprint density at radius 2 is 2.08 bits per heavy atom. The van der Waals surface area contributed by atoms with Crippen LogP contribution in [-0.4, -0.2) is 57.0 Å². The molecule has 2 N–H and O–H groups in total. The normalized spacial score (nSPS) is 23.6. The number of carbonyl (C=O) groups excluding carboxylic acids is 1. The minimum atomic E-state index is -0.268. The van der Waals surface area contributed by atoms with Crippen LogP contribution in [0.1, 0.15) is 56.6 Å². The van der Waals surface area contributed by atoms with Crippen LogP contribution < -0.4 is 5.32 Å². The smallest absolute Gasteiger partial charge is 0.317 e. The molecule has 0 spiro atoms. The monoisotopic (exact) mass is 349 g/mol. The molecule has 0 saturated heterocycles. The lowest BCUT2D eigenvalue weighted by molar-refractivity contribution is 0.0565. The standard InChI is InChI=1S/C18H31N5O2/c1-22(13-14-7-4-5-8-15(14)24)18(25)19-11-10-17-21-20-16-9-3-2-6-12-23(16)17/h14-15,24H,2-13H2,1H3,(H,19,25). The molecule has 3 rings (SSSR count). The summed E-state index contributed by atoms with van der Waals surface area (Å²) in [6, 6.07) is -0.0756. The second kappa shape index (κ2) is 8.65. The van der Waals surface area contributed by atoms with Gasteiger partial charge in [-0.1, -0.05) is 19.3 Å². The molecule has 1 aliphatic carbocycles. The zero-order valence-corrected chi connectivity index (χ0v) is 15.3. The Labute approximate surface area is 149 Å². The molecule has 1 saturated carbocycles. The van der Waals surface area contributed by atoms with Crippen LogP contribution in [0.25, 0.3) is 0 Å². The summed E-state index contributed by atoms with van der Waals surface area (Å²) >= 11 is 0. The minimum absolute atomic E-state index is 0.0756. The van der Waals surface area contributed by atoms with Gasteiger partial charge in [0.05, 0.1) is 6.10 Å². The van der Waals surface area contributed by atoms with E-state index in [1.807, 2.05) is 0 Å². The first-order chi connectivity index (χ1) is 12.1. The Morgan fingerprint density at radius 3 is 2.92 bits per heavy atom. The van der Waals surface area contributed by atoms with Gasteiger partial charge in [0.1, 0.15) is 11.6 Å². The van der Waals surface area contributed by atoms with E-state index in [2.05, 4.69) is 20.1 Å². The molecule has 2 atom stereocenters. The molecule has 1 aromatic heterocycles. The van der Waals surface area contributed by atoms with Crippen LogP contribution in [0.15, 0.2) is 0 Å². The largest absolute Gasteiger partial charge is 0.393 e. The first-order valence-electron chi connectivity index (χ1n) is 9.73. The van der Waals surface area contributed by atoms with Crippen molar-refractivity contribution in [3.8, 4) is 0 Å². The molecule has 7 nitrogen and oxygen atoms in total. The SMILES string of the molecule is CN(CC1CCCCC1O)C(=O)NCCc1nnc2n1CCCCC2. The fourth-order valence-electron chi connectivity index (χ4n) is 3.98. The predicted octanol–water partition coefficient (Wildman–Crippen LogP) is 1.74. The number of aliphatic hydroxyl groups excluding tert-OH is 1. The maximum absolute atomic E-state index is 12.3. The Morgan fingerprint density at radius 1 is 1.24 bits per heavy atom. The van der Waals surface area contributed by atoms with E-state index < -0.39 is 0 Å². The molecular formula is C18H31N5O2. The van der Waals surface area contributed by atoms with Gasteiger partial charge < -0.3 is 19.9 Å². The molecule has 140 valence electrons. The van der Waals surface area contributed by atoms with E-state index in [4.69, 9.17) is 0 Å². The number of urea groups is 1. The molecule has 1 fully saturated rings. The van der Waals surface area contributed by atoms with Crippen molar-refractivity contribution in [2.45, 2.75) is 70.4 Å². The molecule has 25 heavy (non-hydrogen) atoms. The lowest BCUT2D eigenvalue weighted by Crippen LogP contribution is -2.43. The zero-order valence-electron chi connectivity index (χ0n) is 15.3. The summed E-state index contributed by atoms with van der Waals surface area (Å²) in [5.74, 6) is 2.27. The van der Waals surface area contributed by atoms with Crippen molar-refractivity contribution in [3.63, 3.8) is 0 Å². The van der Waals surface area contributed by atoms with Gasteiger partial charge >= 0.3 is 6.03 Å². The number of fused-ring (bicyclic) bond motifs is 1. The Hall–Kier alpha value is -1.63. The average Bonchev–Trinajstić information content (AvgIpc) is 2.84. The lowest BCUT2D eigenvalue weighted by Gasteiger charge is -2.31. The van der Waals surface area contributed by atoms with E-state index in [1.54, 1.807) is 11.9 Å². The second-order valence-electron chi connectivity index (χ2n) is 7.47. The fraction of sp³-hybridized carbons (Fsp3) is 0.833. The van der Waals surface area contributed by atoms with E-state index >= 15 is 0 Å². The third-order valence-electron chi connectivity index (χ3n) is 5.53. The molecular weight excluding hydrogens is 318 g/mol. The van der Waals surface area contributed by atoms with Crippen molar-refractivity contribution in [1.82, 2.24) is 25.0 Å². The van der Waals surface area contributed by atoms with Gasteiger partial charge in [-0.05, 0) is 25.7 Å². The second-order valence-corrected chi connectivity index (χ2v) is 7.47. The molecule has 2 unspecified atom stereocenters. The van der Waals surface area contributed by atoms with Crippen LogP contribution in [-0.2, 0) is 19.4 Å². The van der Waals surface area contributed by atoms with Gasteiger partial charge in [-0.2, -0.15) is 0 Å². The average molecular weight is 349 g/mol. The number of nitrogens with one attached hydrogen (secondary N) is 1. The molecule has 0 bridgehead atoms.